The lowest BCUT2D eigenvalue weighted by atomic mass is 9.99. The molecule has 7 heteroatoms. The van der Waals surface area contributed by atoms with Crippen LogP contribution in [-0.2, 0) is 4.79 Å². The zero-order valence-corrected chi connectivity index (χ0v) is 20.9. The monoisotopic (exact) mass is 489 g/mol. The zero-order valence-electron chi connectivity index (χ0n) is 20.2. The highest BCUT2D eigenvalue weighted by Gasteiger charge is 2.47. The first kappa shape index (κ1) is 24.5. The average molecular weight is 490 g/mol. The molecule has 0 unspecified atom stereocenters. The number of hydrazine groups is 1. The fraction of sp³-hybridized carbons (Fsp3) is 0.250. The summed E-state index contributed by atoms with van der Waals surface area (Å²) in [7, 11) is 0. The zero-order chi connectivity index (χ0) is 24.9. The van der Waals surface area contributed by atoms with Gasteiger partial charge in [-0.3, -0.25) is 9.59 Å². The van der Waals surface area contributed by atoms with Crippen LogP contribution in [0.15, 0.2) is 72.8 Å². The number of halogens is 1. The number of hydrogen-bond acceptors (Lipinski definition) is 3. The summed E-state index contributed by atoms with van der Waals surface area (Å²) >= 11 is 6.11. The molecule has 0 aromatic heterocycles. The lowest BCUT2D eigenvalue weighted by Gasteiger charge is -2.20. The summed E-state index contributed by atoms with van der Waals surface area (Å²) in [6.45, 7) is 8.09. The van der Waals surface area contributed by atoms with Crippen LogP contribution >= 0.6 is 11.6 Å². The molecule has 1 aliphatic rings. The van der Waals surface area contributed by atoms with E-state index < -0.39 is 12.1 Å². The van der Waals surface area contributed by atoms with Crippen molar-refractivity contribution in [3.63, 3.8) is 0 Å². The van der Waals surface area contributed by atoms with E-state index in [9.17, 15) is 9.59 Å². The standard InChI is InChI=1S/C28H29ClN4O2/c1-4-32(5-2)24-16-8-20(9-17-24)18-33-26(21-12-14-23(29)15-13-21)25(28(35)31-33)30-27(34)22-10-6-19(3)7-11-22/h6-18,25-26H,4-5H2,1-3H3,(H-,30,31,34,35)/p+1/t25-,26-/m0/s1. The van der Waals surface area contributed by atoms with E-state index >= 15 is 0 Å². The molecule has 0 aliphatic carbocycles. The topological polar surface area (TPSA) is 64.5 Å². The Kier molecular flexibility index (Phi) is 7.51. The smallest absolute Gasteiger partial charge is 0.304 e. The van der Waals surface area contributed by atoms with Gasteiger partial charge in [-0.1, -0.05) is 41.4 Å². The summed E-state index contributed by atoms with van der Waals surface area (Å²) in [5.74, 6) is -0.573. The molecule has 35 heavy (non-hydrogen) atoms. The molecule has 2 atom stereocenters. The van der Waals surface area contributed by atoms with Crippen LogP contribution < -0.4 is 15.6 Å². The molecule has 3 aromatic rings. The molecule has 1 saturated heterocycles. The van der Waals surface area contributed by atoms with Gasteiger partial charge in [-0.25, -0.2) is 0 Å². The lowest BCUT2D eigenvalue weighted by Crippen LogP contribution is -2.42. The van der Waals surface area contributed by atoms with Crippen molar-refractivity contribution in [3.8, 4) is 0 Å². The quantitative estimate of drug-likeness (QED) is 0.480. The van der Waals surface area contributed by atoms with E-state index in [4.69, 9.17) is 11.6 Å². The van der Waals surface area contributed by atoms with Crippen LogP contribution in [0.25, 0.3) is 0 Å². The van der Waals surface area contributed by atoms with E-state index in [2.05, 4.69) is 41.6 Å². The van der Waals surface area contributed by atoms with Crippen molar-refractivity contribution in [2.75, 3.05) is 18.0 Å². The Morgan fingerprint density at radius 2 is 1.63 bits per heavy atom. The van der Waals surface area contributed by atoms with Crippen molar-refractivity contribution < 1.29 is 14.3 Å². The van der Waals surface area contributed by atoms with Gasteiger partial charge in [0, 0.05) is 40.5 Å². The summed E-state index contributed by atoms with van der Waals surface area (Å²) in [4.78, 5) is 28.3. The summed E-state index contributed by atoms with van der Waals surface area (Å²) < 4.78 is 1.76. The minimum atomic E-state index is -0.781. The van der Waals surface area contributed by atoms with Crippen LogP contribution in [0.5, 0.6) is 0 Å². The minimum absolute atomic E-state index is 0.276. The molecular weight excluding hydrogens is 460 g/mol. The molecule has 6 nitrogen and oxygen atoms in total. The molecule has 0 radical (unpaired) electrons. The second-order valence-corrected chi connectivity index (χ2v) is 9.03. The van der Waals surface area contributed by atoms with E-state index in [1.165, 1.54) is 0 Å². The van der Waals surface area contributed by atoms with Crippen molar-refractivity contribution >= 4 is 35.3 Å². The summed E-state index contributed by atoms with van der Waals surface area (Å²) in [6.07, 6.45) is 1.89. The van der Waals surface area contributed by atoms with Crippen molar-refractivity contribution in [2.45, 2.75) is 32.9 Å². The molecule has 0 bridgehead atoms. The molecule has 4 rings (SSSR count). The third kappa shape index (κ3) is 5.54. The van der Waals surface area contributed by atoms with Gasteiger partial charge < -0.3 is 10.2 Å². The van der Waals surface area contributed by atoms with Gasteiger partial charge in [-0.2, -0.15) is 0 Å². The van der Waals surface area contributed by atoms with Crippen molar-refractivity contribution in [2.24, 2.45) is 0 Å². The lowest BCUT2D eigenvalue weighted by molar-refractivity contribution is -0.596. The molecule has 0 spiro atoms. The number of carbonyl (C=O) groups is 2. The SMILES string of the molecule is CCN(CC)c1ccc(/C=[N+]2\NC(=O)[C@@H](NC(=O)c3ccc(C)cc3)[C@@H]2c2ccc(Cl)cc2)cc1. The number of nitrogens with zero attached hydrogens (tertiary/aromatic N) is 2. The Bertz CT molecular complexity index is 1220. The second-order valence-electron chi connectivity index (χ2n) is 8.59. The first-order valence-electron chi connectivity index (χ1n) is 11.8. The van der Waals surface area contributed by atoms with Crippen molar-refractivity contribution in [1.82, 2.24) is 10.7 Å². The number of aryl methyl sites for hydroxylation is 1. The van der Waals surface area contributed by atoms with Crippen molar-refractivity contribution in [1.29, 1.82) is 0 Å². The molecule has 3 aromatic carbocycles. The van der Waals surface area contributed by atoms with Gasteiger partial charge in [0.25, 0.3) is 5.91 Å². The normalized spacial score (nSPS) is 18.4. The third-order valence-electron chi connectivity index (χ3n) is 6.26. The van der Waals surface area contributed by atoms with Crippen LogP contribution in [0, 0.1) is 6.92 Å². The summed E-state index contributed by atoms with van der Waals surface area (Å²) in [5.41, 5.74) is 7.43. The maximum Gasteiger partial charge on any atom is 0.304 e. The van der Waals surface area contributed by atoms with Gasteiger partial charge in [0.2, 0.25) is 12.3 Å². The first-order chi connectivity index (χ1) is 16.9. The first-order valence-corrected chi connectivity index (χ1v) is 12.2. The van der Waals surface area contributed by atoms with E-state index in [1.807, 2.05) is 49.5 Å². The fourth-order valence-electron chi connectivity index (χ4n) is 4.29. The Balaban J connectivity index is 1.66. The van der Waals surface area contributed by atoms with Gasteiger partial charge in [-0.05, 0) is 69.3 Å². The molecule has 1 fully saturated rings. The Hall–Kier alpha value is -3.64. The Morgan fingerprint density at radius 1 is 1.00 bits per heavy atom. The number of hydrogen-bond donors (Lipinski definition) is 2. The summed E-state index contributed by atoms with van der Waals surface area (Å²) in [5, 5.41) is 3.54. The highest BCUT2D eigenvalue weighted by atomic mass is 35.5. The number of nitrogens with one attached hydrogen (secondary N) is 2. The maximum absolute atomic E-state index is 13.0. The number of hydrazone groups is 1. The fourth-order valence-corrected chi connectivity index (χ4v) is 4.42. The predicted octanol–water partition coefficient (Wildman–Crippen LogP) is 4.51. The van der Waals surface area contributed by atoms with Crippen LogP contribution in [0.3, 0.4) is 0 Å². The molecular formula is C28H30ClN4O2+. The molecule has 2 N–H and O–H groups in total. The van der Waals surface area contributed by atoms with Gasteiger partial charge >= 0.3 is 5.91 Å². The summed E-state index contributed by atoms with van der Waals surface area (Å²) in [6, 6.07) is 21.6. The second kappa shape index (κ2) is 10.7. The number of benzene rings is 3. The predicted molar refractivity (Wildman–Crippen MR) is 140 cm³/mol. The maximum atomic E-state index is 13.0. The Morgan fingerprint density at radius 3 is 2.23 bits per heavy atom. The van der Waals surface area contributed by atoms with E-state index in [-0.39, 0.29) is 11.8 Å². The van der Waals surface area contributed by atoms with Gasteiger partial charge in [0.05, 0.1) is 0 Å². The van der Waals surface area contributed by atoms with Crippen LogP contribution in [-0.4, -0.2) is 41.8 Å². The van der Waals surface area contributed by atoms with Gasteiger partial charge in [0.1, 0.15) is 0 Å². The molecule has 1 heterocycles. The Labute approximate surface area is 211 Å². The van der Waals surface area contributed by atoms with E-state index in [0.29, 0.717) is 10.6 Å². The molecule has 1 aliphatic heterocycles. The van der Waals surface area contributed by atoms with E-state index in [0.717, 1.165) is 35.5 Å². The number of amides is 2. The van der Waals surface area contributed by atoms with E-state index in [1.54, 1.807) is 28.9 Å². The highest BCUT2D eigenvalue weighted by Crippen LogP contribution is 2.27. The average Bonchev–Trinajstić information content (AvgIpc) is 3.16. The largest absolute Gasteiger partial charge is 0.372 e. The highest BCUT2D eigenvalue weighted by molar-refractivity contribution is 6.30. The number of rotatable bonds is 7. The number of carbonyl (C=O) groups excluding carboxylic acids is 2. The van der Waals surface area contributed by atoms with Crippen LogP contribution in [0.4, 0.5) is 5.69 Å². The van der Waals surface area contributed by atoms with Crippen LogP contribution in [0.1, 0.15) is 46.9 Å². The molecule has 2 amide bonds. The van der Waals surface area contributed by atoms with Crippen LogP contribution in [0.2, 0.25) is 5.02 Å². The van der Waals surface area contributed by atoms with Gasteiger partial charge in [-0.15, -0.1) is 10.1 Å². The number of anilines is 1. The minimum Gasteiger partial charge on any atom is -0.372 e. The van der Waals surface area contributed by atoms with Gasteiger partial charge in [0.15, 0.2) is 6.04 Å². The van der Waals surface area contributed by atoms with Crippen molar-refractivity contribution in [3.05, 3.63) is 100 Å². The third-order valence-corrected chi connectivity index (χ3v) is 6.51. The molecule has 0 saturated carbocycles. The molecule has 180 valence electrons.